The van der Waals surface area contributed by atoms with Crippen LogP contribution in [0.3, 0.4) is 0 Å². The van der Waals surface area contributed by atoms with Crippen molar-refractivity contribution in [1.29, 1.82) is 0 Å². The molecule has 0 saturated carbocycles. The molecular weight excluding hydrogens is 455 g/mol. The molecular formula is C24H21N4O5P. The number of nitrogens with zero attached hydrogens (tertiary/aromatic N) is 3. The molecule has 0 aliphatic rings. The molecule has 9 nitrogen and oxygen atoms in total. The first-order chi connectivity index (χ1) is 16.5. The molecule has 0 aliphatic carbocycles. The van der Waals surface area contributed by atoms with Gasteiger partial charge in [-0.25, -0.2) is 4.98 Å². The van der Waals surface area contributed by atoms with Crippen LogP contribution < -0.4 is 15.4 Å². The van der Waals surface area contributed by atoms with Crippen molar-refractivity contribution < 1.29 is 24.1 Å². The number of carbonyl (C=O) groups is 1. The van der Waals surface area contributed by atoms with Gasteiger partial charge in [0, 0.05) is 17.7 Å². The summed E-state index contributed by atoms with van der Waals surface area (Å²) in [6, 6.07) is 18.1. The van der Waals surface area contributed by atoms with Crippen molar-refractivity contribution in [3.05, 3.63) is 95.8 Å². The lowest BCUT2D eigenvalue weighted by molar-refractivity contribution is 0.0939. The summed E-state index contributed by atoms with van der Waals surface area (Å²) in [5.74, 6) is -0.225. The summed E-state index contributed by atoms with van der Waals surface area (Å²) >= 11 is 0. The van der Waals surface area contributed by atoms with E-state index in [1.54, 1.807) is 80.0 Å². The topological polar surface area (TPSA) is 135 Å². The maximum absolute atomic E-state index is 13.1. The van der Waals surface area contributed by atoms with Gasteiger partial charge in [-0.05, 0) is 47.5 Å². The minimum Gasteiger partial charge on any atom is -0.497 e. The Morgan fingerprint density at radius 1 is 1.00 bits per heavy atom. The van der Waals surface area contributed by atoms with Crippen molar-refractivity contribution >= 4 is 19.2 Å². The van der Waals surface area contributed by atoms with E-state index in [1.807, 2.05) is 0 Å². The van der Waals surface area contributed by atoms with Crippen LogP contribution in [0.4, 0.5) is 0 Å². The highest BCUT2D eigenvalue weighted by Crippen LogP contribution is 2.27. The highest BCUT2D eigenvalue weighted by molar-refractivity contribution is 7.47. The fourth-order valence-corrected chi connectivity index (χ4v) is 3.79. The Kier molecular flexibility index (Phi) is 6.96. The number of amides is 1. The van der Waals surface area contributed by atoms with E-state index in [4.69, 9.17) is 4.74 Å². The number of aromatic hydroxyl groups is 1. The summed E-state index contributed by atoms with van der Waals surface area (Å²) in [6.45, 7) is 0. The van der Waals surface area contributed by atoms with E-state index < -0.39 is 25.9 Å². The number of pyridine rings is 1. The third kappa shape index (κ3) is 5.11. The zero-order chi connectivity index (χ0) is 24.1. The fraction of sp³-hybridized carbons (Fsp3) is 0.0833. The Morgan fingerprint density at radius 2 is 1.68 bits per heavy atom. The third-order valence-corrected chi connectivity index (χ3v) is 5.95. The van der Waals surface area contributed by atoms with Gasteiger partial charge in [0.25, 0.3) is 5.91 Å². The molecule has 0 spiro atoms. The van der Waals surface area contributed by atoms with Gasteiger partial charge in [0.1, 0.15) is 17.0 Å². The van der Waals surface area contributed by atoms with Gasteiger partial charge < -0.3 is 20.1 Å². The average molecular weight is 476 g/mol. The summed E-state index contributed by atoms with van der Waals surface area (Å²) < 4.78 is 16.6. The predicted octanol–water partition coefficient (Wildman–Crippen LogP) is 2.86. The van der Waals surface area contributed by atoms with Gasteiger partial charge in [-0.1, -0.05) is 30.3 Å². The number of hydrogen-bond donors (Lipinski definition) is 3. The first-order valence-electron chi connectivity index (χ1n) is 10.2. The maximum Gasteiger partial charge on any atom is 0.259 e. The van der Waals surface area contributed by atoms with E-state index in [-0.39, 0.29) is 11.4 Å². The van der Waals surface area contributed by atoms with Crippen molar-refractivity contribution in [3.63, 3.8) is 0 Å². The quantitative estimate of drug-likeness (QED) is 0.347. The highest BCUT2D eigenvalue weighted by Gasteiger charge is 2.22. The molecule has 0 saturated heterocycles. The van der Waals surface area contributed by atoms with Crippen LogP contribution >= 0.6 is 8.03 Å². The molecule has 34 heavy (non-hydrogen) atoms. The molecule has 2 unspecified atom stereocenters. The van der Waals surface area contributed by atoms with Gasteiger partial charge in [0.2, 0.25) is 13.9 Å². The second-order valence-corrected chi connectivity index (χ2v) is 8.44. The van der Waals surface area contributed by atoms with E-state index in [0.29, 0.717) is 22.3 Å². The second-order valence-electron chi connectivity index (χ2n) is 7.25. The van der Waals surface area contributed by atoms with Crippen LogP contribution in [0.1, 0.15) is 27.5 Å². The largest absolute Gasteiger partial charge is 0.497 e. The van der Waals surface area contributed by atoms with Crippen LogP contribution in [0.25, 0.3) is 11.5 Å². The van der Waals surface area contributed by atoms with Gasteiger partial charge >= 0.3 is 0 Å². The molecule has 2 aromatic heterocycles. The molecule has 10 heteroatoms. The minimum absolute atomic E-state index is 0.102. The number of rotatable bonds is 7. The van der Waals surface area contributed by atoms with Crippen LogP contribution in [-0.4, -0.2) is 38.0 Å². The first kappa shape index (κ1) is 23.1. The zero-order valence-corrected chi connectivity index (χ0v) is 19.0. The standard InChI is InChI=1S/C24H21N4O5P/c1-33-17-9-5-15(6-10-17)21(16-7-11-18(12-8-16)34(31)32)27-23(29)19-14-26-22(28-24(19)30)20-4-2-3-13-25-20/h2-14,21,34H,1H3,(H,27,29)(H,31,32)(H,26,28,30). The molecule has 2 heterocycles. The van der Waals surface area contributed by atoms with Crippen molar-refractivity contribution in [2.24, 2.45) is 0 Å². The molecule has 0 bridgehead atoms. The number of nitrogens with one attached hydrogen (secondary N) is 1. The zero-order valence-electron chi connectivity index (χ0n) is 18.0. The molecule has 0 aliphatic heterocycles. The van der Waals surface area contributed by atoms with E-state index in [1.165, 1.54) is 6.20 Å². The number of carbonyl (C=O) groups excluding carboxylic acids is 1. The Morgan fingerprint density at radius 3 is 2.24 bits per heavy atom. The van der Waals surface area contributed by atoms with Crippen LogP contribution in [-0.2, 0) is 4.57 Å². The molecule has 1 amide bonds. The number of benzene rings is 2. The third-order valence-electron chi connectivity index (χ3n) is 5.12. The monoisotopic (exact) mass is 476 g/mol. The number of hydrogen-bond acceptors (Lipinski definition) is 7. The van der Waals surface area contributed by atoms with Gasteiger partial charge in [0.15, 0.2) is 5.82 Å². The first-order valence-corrected chi connectivity index (χ1v) is 11.6. The van der Waals surface area contributed by atoms with Crippen LogP contribution in [0, 0.1) is 0 Å². The van der Waals surface area contributed by atoms with Gasteiger partial charge in [0.05, 0.1) is 13.2 Å². The summed E-state index contributed by atoms with van der Waals surface area (Å²) in [6.07, 6.45) is 2.82. The molecule has 3 N–H and O–H groups in total. The Balaban J connectivity index is 1.65. The van der Waals surface area contributed by atoms with Gasteiger partial charge in [-0.2, -0.15) is 4.98 Å². The van der Waals surface area contributed by atoms with Crippen LogP contribution in [0.2, 0.25) is 0 Å². The summed E-state index contributed by atoms with van der Waals surface area (Å²) in [4.78, 5) is 34.8. The lowest BCUT2D eigenvalue weighted by Gasteiger charge is -2.20. The smallest absolute Gasteiger partial charge is 0.259 e. The van der Waals surface area contributed by atoms with Crippen molar-refractivity contribution in [1.82, 2.24) is 20.3 Å². The molecule has 4 rings (SSSR count). The van der Waals surface area contributed by atoms with E-state index in [9.17, 15) is 19.4 Å². The number of aromatic nitrogens is 3. The number of ether oxygens (including phenoxy) is 1. The van der Waals surface area contributed by atoms with Gasteiger partial charge in [-0.3, -0.25) is 14.3 Å². The molecule has 0 fully saturated rings. The van der Waals surface area contributed by atoms with Crippen molar-refractivity contribution in [2.45, 2.75) is 6.04 Å². The lowest BCUT2D eigenvalue weighted by Crippen LogP contribution is -2.29. The molecule has 4 aromatic rings. The Labute approximate surface area is 196 Å². The molecule has 2 aromatic carbocycles. The highest BCUT2D eigenvalue weighted by atomic mass is 31.1. The maximum atomic E-state index is 13.1. The normalized spacial score (nSPS) is 12.5. The lowest BCUT2D eigenvalue weighted by atomic mass is 9.98. The molecule has 2 atom stereocenters. The second kappa shape index (κ2) is 10.2. The Bertz CT molecular complexity index is 1320. The summed E-state index contributed by atoms with van der Waals surface area (Å²) in [5, 5.41) is 13.6. The van der Waals surface area contributed by atoms with Crippen LogP contribution in [0.5, 0.6) is 11.6 Å². The van der Waals surface area contributed by atoms with Crippen LogP contribution in [0.15, 0.2) is 79.1 Å². The van der Waals surface area contributed by atoms with E-state index in [0.717, 1.165) is 5.56 Å². The fourth-order valence-electron chi connectivity index (χ4n) is 3.33. The molecule has 172 valence electrons. The van der Waals surface area contributed by atoms with Crippen molar-refractivity contribution in [2.75, 3.05) is 7.11 Å². The van der Waals surface area contributed by atoms with E-state index >= 15 is 0 Å². The predicted molar refractivity (Wildman–Crippen MR) is 127 cm³/mol. The number of methoxy groups -OCH3 is 1. The average Bonchev–Trinajstić information content (AvgIpc) is 2.87. The van der Waals surface area contributed by atoms with E-state index in [2.05, 4.69) is 20.3 Å². The van der Waals surface area contributed by atoms with Crippen molar-refractivity contribution in [3.8, 4) is 23.1 Å². The van der Waals surface area contributed by atoms with Gasteiger partial charge in [-0.15, -0.1) is 0 Å². The SMILES string of the molecule is COc1ccc(C(NC(=O)c2cnc(-c3ccccn3)nc2O)c2ccc([PH](=O)O)cc2)cc1. The minimum atomic E-state index is -2.83. The Hall–Kier alpha value is -4.07. The summed E-state index contributed by atoms with van der Waals surface area (Å²) in [5.41, 5.74) is 1.78. The molecule has 0 radical (unpaired) electrons. The summed E-state index contributed by atoms with van der Waals surface area (Å²) in [7, 11) is -1.28.